The van der Waals surface area contributed by atoms with Gasteiger partial charge in [-0.25, -0.2) is 4.98 Å². The fourth-order valence-electron chi connectivity index (χ4n) is 2.02. The monoisotopic (exact) mass is 277 g/mol. The average Bonchev–Trinajstić information content (AvgIpc) is 2.67. The molecule has 0 atom stereocenters. The summed E-state index contributed by atoms with van der Waals surface area (Å²) in [5.74, 6) is -0.635. The number of fused-ring (bicyclic) bond motifs is 1. The van der Waals surface area contributed by atoms with Crippen LogP contribution in [-0.4, -0.2) is 4.98 Å². The fraction of sp³-hybridized carbons (Fsp3) is 0. The summed E-state index contributed by atoms with van der Waals surface area (Å²) in [7, 11) is 0. The number of nitrogen functional groups attached to an aromatic ring is 2. The van der Waals surface area contributed by atoms with Gasteiger partial charge in [0.2, 0.25) is 11.8 Å². The van der Waals surface area contributed by atoms with E-state index in [9.17, 15) is 4.39 Å². The molecule has 2 aromatic heterocycles. The molecule has 0 saturated carbocycles. The van der Waals surface area contributed by atoms with Gasteiger partial charge in [-0.05, 0) is 6.07 Å². The predicted octanol–water partition coefficient (Wildman–Crippen LogP) is 3.45. The third-order valence-corrected chi connectivity index (χ3v) is 3.23. The molecule has 4 N–H and O–H groups in total. The van der Waals surface area contributed by atoms with Gasteiger partial charge in [0.15, 0.2) is 5.58 Å². The van der Waals surface area contributed by atoms with Gasteiger partial charge in [0.1, 0.15) is 5.69 Å². The Kier molecular flexibility index (Phi) is 2.57. The highest BCUT2D eigenvalue weighted by atomic mass is 35.5. The molecule has 0 bridgehead atoms. The zero-order valence-electron chi connectivity index (χ0n) is 9.65. The van der Waals surface area contributed by atoms with E-state index in [1.54, 1.807) is 24.3 Å². The fourth-order valence-corrected chi connectivity index (χ4v) is 2.25. The summed E-state index contributed by atoms with van der Waals surface area (Å²) < 4.78 is 19.3. The van der Waals surface area contributed by atoms with Crippen LogP contribution in [-0.2, 0) is 0 Å². The lowest BCUT2D eigenvalue weighted by atomic mass is 10.0. The Morgan fingerprint density at radius 3 is 2.68 bits per heavy atom. The quantitative estimate of drug-likeness (QED) is 0.668. The summed E-state index contributed by atoms with van der Waals surface area (Å²) >= 11 is 6.09. The number of halogens is 2. The van der Waals surface area contributed by atoms with Crippen molar-refractivity contribution >= 4 is 34.1 Å². The van der Waals surface area contributed by atoms with Gasteiger partial charge < -0.3 is 15.9 Å². The summed E-state index contributed by atoms with van der Waals surface area (Å²) in [6.45, 7) is 0. The van der Waals surface area contributed by atoms with Crippen LogP contribution in [0.5, 0.6) is 0 Å². The van der Waals surface area contributed by atoms with Gasteiger partial charge in [-0.1, -0.05) is 29.8 Å². The first-order valence-corrected chi connectivity index (χ1v) is 5.84. The van der Waals surface area contributed by atoms with Crippen LogP contribution >= 0.6 is 11.6 Å². The summed E-state index contributed by atoms with van der Waals surface area (Å²) in [4.78, 5) is 3.65. The van der Waals surface area contributed by atoms with Gasteiger partial charge in [0.25, 0.3) is 0 Å². The average molecular weight is 278 g/mol. The van der Waals surface area contributed by atoms with Crippen molar-refractivity contribution in [1.82, 2.24) is 4.98 Å². The van der Waals surface area contributed by atoms with Crippen molar-refractivity contribution in [3.05, 3.63) is 41.4 Å². The zero-order valence-corrected chi connectivity index (χ0v) is 10.4. The van der Waals surface area contributed by atoms with E-state index in [1.165, 1.54) is 6.20 Å². The van der Waals surface area contributed by atoms with Crippen molar-refractivity contribution < 1.29 is 8.81 Å². The first kappa shape index (κ1) is 11.8. The van der Waals surface area contributed by atoms with Crippen molar-refractivity contribution in [2.75, 3.05) is 11.5 Å². The topological polar surface area (TPSA) is 78.1 Å². The van der Waals surface area contributed by atoms with E-state index in [2.05, 4.69) is 4.98 Å². The Morgan fingerprint density at radius 2 is 1.95 bits per heavy atom. The maximum Gasteiger partial charge on any atom is 0.221 e. The molecule has 0 aliphatic carbocycles. The van der Waals surface area contributed by atoms with Crippen molar-refractivity contribution in [1.29, 1.82) is 0 Å². The molecule has 0 aliphatic rings. The highest BCUT2D eigenvalue weighted by Crippen LogP contribution is 2.40. The maximum atomic E-state index is 14.1. The summed E-state index contributed by atoms with van der Waals surface area (Å²) in [6, 6.07) is 6.85. The predicted molar refractivity (Wildman–Crippen MR) is 73.2 cm³/mol. The van der Waals surface area contributed by atoms with E-state index in [4.69, 9.17) is 27.5 Å². The van der Waals surface area contributed by atoms with Gasteiger partial charge in [0, 0.05) is 10.6 Å². The second-order valence-corrected chi connectivity index (χ2v) is 4.43. The Bertz CT molecular complexity index is 785. The van der Waals surface area contributed by atoms with E-state index in [-0.39, 0.29) is 17.1 Å². The lowest BCUT2D eigenvalue weighted by Crippen LogP contribution is -1.94. The zero-order chi connectivity index (χ0) is 13.6. The number of pyridine rings is 1. The number of furan rings is 1. The first-order chi connectivity index (χ1) is 9.09. The number of rotatable bonds is 1. The lowest BCUT2D eigenvalue weighted by molar-refractivity contribution is 0.584. The van der Waals surface area contributed by atoms with Crippen molar-refractivity contribution in [3.63, 3.8) is 0 Å². The van der Waals surface area contributed by atoms with Crippen LogP contribution < -0.4 is 11.5 Å². The molecule has 0 amide bonds. The van der Waals surface area contributed by atoms with Gasteiger partial charge >= 0.3 is 0 Å². The number of hydrogen-bond acceptors (Lipinski definition) is 4. The molecule has 96 valence electrons. The normalized spacial score (nSPS) is 11.1. The molecule has 1 aromatic carbocycles. The minimum absolute atomic E-state index is 0.0377. The maximum absolute atomic E-state index is 14.1. The minimum Gasteiger partial charge on any atom is -0.437 e. The number of nitrogens with two attached hydrogens (primary N) is 2. The second-order valence-electron chi connectivity index (χ2n) is 4.02. The molecule has 0 radical (unpaired) electrons. The molecule has 0 fully saturated rings. The molecule has 0 spiro atoms. The molecule has 19 heavy (non-hydrogen) atoms. The third kappa shape index (κ3) is 1.70. The molecule has 0 aliphatic heterocycles. The Morgan fingerprint density at radius 1 is 1.21 bits per heavy atom. The standard InChI is InChI=1S/C13H9ClFN3O/c14-7-4-2-1-3-6(7)9-10-8(5-18-12(9)15)19-13(17)11(10)16/h1-5H,16-17H2. The highest BCUT2D eigenvalue weighted by Gasteiger charge is 2.20. The smallest absolute Gasteiger partial charge is 0.221 e. The first-order valence-electron chi connectivity index (χ1n) is 5.46. The molecule has 6 heteroatoms. The Balaban J connectivity index is 2.46. The SMILES string of the molecule is Nc1oc2cnc(F)c(-c3ccccc3Cl)c2c1N. The number of hydrogen-bond donors (Lipinski definition) is 2. The largest absolute Gasteiger partial charge is 0.437 e. The summed E-state index contributed by atoms with van der Waals surface area (Å²) in [5, 5.41) is 0.785. The molecular formula is C13H9ClFN3O. The van der Waals surface area contributed by atoms with Crippen LogP contribution in [0.25, 0.3) is 22.1 Å². The van der Waals surface area contributed by atoms with Crippen LogP contribution in [0.15, 0.2) is 34.9 Å². The van der Waals surface area contributed by atoms with Gasteiger partial charge in [-0.3, -0.25) is 0 Å². The molecule has 0 unspecified atom stereocenters. The van der Waals surface area contributed by atoms with Gasteiger partial charge in [-0.2, -0.15) is 4.39 Å². The number of benzene rings is 1. The number of aromatic nitrogens is 1. The van der Waals surface area contributed by atoms with Crippen molar-refractivity contribution in [2.24, 2.45) is 0 Å². The van der Waals surface area contributed by atoms with Gasteiger partial charge in [0.05, 0.1) is 17.1 Å². The van der Waals surface area contributed by atoms with Crippen molar-refractivity contribution in [3.8, 4) is 11.1 Å². The molecule has 3 rings (SSSR count). The number of nitrogens with zero attached hydrogens (tertiary/aromatic N) is 1. The third-order valence-electron chi connectivity index (χ3n) is 2.90. The Labute approximate surface area is 112 Å². The molecule has 0 saturated heterocycles. The second kappa shape index (κ2) is 4.13. The van der Waals surface area contributed by atoms with E-state index in [0.29, 0.717) is 21.6 Å². The van der Waals surface area contributed by atoms with E-state index in [1.807, 2.05) is 0 Å². The Hall–Kier alpha value is -2.27. The van der Waals surface area contributed by atoms with Crippen LogP contribution in [0.1, 0.15) is 0 Å². The highest BCUT2D eigenvalue weighted by molar-refractivity contribution is 6.33. The molecular weight excluding hydrogens is 269 g/mol. The van der Waals surface area contributed by atoms with Crippen LogP contribution in [0.4, 0.5) is 16.0 Å². The van der Waals surface area contributed by atoms with Crippen LogP contribution in [0.3, 0.4) is 0 Å². The lowest BCUT2D eigenvalue weighted by Gasteiger charge is -2.06. The molecule has 2 heterocycles. The molecule has 3 aromatic rings. The minimum atomic E-state index is -0.673. The van der Waals surface area contributed by atoms with E-state index < -0.39 is 5.95 Å². The summed E-state index contributed by atoms with van der Waals surface area (Å²) in [5.41, 5.74) is 12.7. The van der Waals surface area contributed by atoms with E-state index >= 15 is 0 Å². The van der Waals surface area contributed by atoms with E-state index in [0.717, 1.165) is 0 Å². The molecule has 4 nitrogen and oxygen atoms in total. The number of anilines is 2. The van der Waals surface area contributed by atoms with Gasteiger partial charge in [-0.15, -0.1) is 0 Å². The van der Waals surface area contributed by atoms with Crippen molar-refractivity contribution in [2.45, 2.75) is 0 Å². The summed E-state index contributed by atoms with van der Waals surface area (Å²) in [6.07, 6.45) is 1.25. The van der Waals surface area contributed by atoms with Crippen LogP contribution in [0, 0.1) is 5.95 Å². The van der Waals surface area contributed by atoms with Crippen LogP contribution in [0.2, 0.25) is 5.02 Å².